The van der Waals surface area contributed by atoms with Gasteiger partial charge in [-0.2, -0.15) is 0 Å². The van der Waals surface area contributed by atoms with E-state index in [1.165, 1.54) is 0 Å². The molecule has 6 aromatic rings. The van der Waals surface area contributed by atoms with Gasteiger partial charge in [-0.3, -0.25) is 10.1 Å². The third kappa shape index (κ3) is 5.85. The monoisotopic (exact) mass is 615 g/mol. The molecular weight excluding hydrogens is 582 g/mol. The van der Waals surface area contributed by atoms with E-state index in [9.17, 15) is 15.2 Å². The Morgan fingerprint density at radius 3 is 1.57 bits per heavy atom. The van der Waals surface area contributed by atoms with Crippen LogP contribution in [0.25, 0.3) is 5.70 Å². The summed E-state index contributed by atoms with van der Waals surface area (Å²) >= 11 is 0. The van der Waals surface area contributed by atoms with Crippen LogP contribution < -0.4 is 9.80 Å². The molecule has 0 fully saturated rings. The van der Waals surface area contributed by atoms with E-state index in [0.29, 0.717) is 5.56 Å². The number of hydrogen-bond donors (Lipinski definition) is 1. The highest BCUT2D eigenvalue weighted by atomic mass is 16.6. The van der Waals surface area contributed by atoms with Crippen LogP contribution in [0.15, 0.2) is 176 Å². The van der Waals surface area contributed by atoms with Gasteiger partial charge < -0.3 is 14.9 Å². The summed E-state index contributed by atoms with van der Waals surface area (Å²) in [6, 6.07) is 54.9. The van der Waals surface area contributed by atoms with Crippen molar-refractivity contribution in [3.05, 3.63) is 208 Å². The van der Waals surface area contributed by atoms with Crippen LogP contribution in [0.1, 0.15) is 40.4 Å². The number of para-hydroxylation sites is 3. The quantitative estimate of drug-likeness (QED) is 0.143. The van der Waals surface area contributed by atoms with Crippen LogP contribution in [0.5, 0.6) is 5.75 Å². The third-order valence-electron chi connectivity index (χ3n) is 8.75. The number of aromatic hydroxyl groups is 1. The van der Waals surface area contributed by atoms with Crippen molar-refractivity contribution in [3.63, 3.8) is 0 Å². The molecule has 1 aliphatic heterocycles. The molecule has 1 aliphatic rings. The molecule has 0 spiro atoms. The van der Waals surface area contributed by atoms with Gasteiger partial charge in [-0.25, -0.2) is 0 Å². The molecule has 0 aliphatic carbocycles. The fourth-order valence-corrected chi connectivity index (χ4v) is 6.67. The molecule has 0 saturated carbocycles. The number of rotatable bonds is 7. The van der Waals surface area contributed by atoms with Crippen molar-refractivity contribution in [1.29, 1.82) is 0 Å². The lowest BCUT2D eigenvalue weighted by Gasteiger charge is -2.45. The minimum Gasteiger partial charge on any atom is -0.507 e. The fourth-order valence-electron chi connectivity index (χ4n) is 6.67. The molecule has 6 heteroatoms. The van der Waals surface area contributed by atoms with Crippen LogP contribution in [0.4, 0.5) is 17.1 Å². The average molecular weight is 616 g/mol. The molecule has 0 saturated heterocycles. The Hall–Kier alpha value is -6.14. The van der Waals surface area contributed by atoms with Crippen molar-refractivity contribution in [1.82, 2.24) is 0 Å². The van der Waals surface area contributed by atoms with Gasteiger partial charge in [-0.1, -0.05) is 109 Å². The van der Waals surface area contributed by atoms with E-state index < -0.39 is 6.04 Å². The smallest absolute Gasteiger partial charge is 0.269 e. The Bertz CT molecular complexity index is 1980. The normalized spacial score (nSPS) is 17.9. The van der Waals surface area contributed by atoms with Crippen molar-refractivity contribution in [3.8, 4) is 5.75 Å². The minimum absolute atomic E-state index is 0.0335. The van der Waals surface area contributed by atoms with Gasteiger partial charge in [0.2, 0.25) is 0 Å². The second-order valence-corrected chi connectivity index (χ2v) is 11.5. The maximum atomic E-state index is 11.7. The van der Waals surface area contributed by atoms with E-state index in [2.05, 4.69) is 88.7 Å². The number of phenols is 1. The first-order valence-electron chi connectivity index (χ1n) is 15.6. The number of hydrogen-bond acceptors (Lipinski definition) is 5. The Morgan fingerprint density at radius 1 is 0.532 bits per heavy atom. The first-order chi connectivity index (χ1) is 23.1. The number of non-ortho nitro benzene ring substituents is 1. The first-order valence-corrected chi connectivity index (χ1v) is 15.6. The molecule has 1 heterocycles. The molecule has 47 heavy (non-hydrogen) atoms. The molecule has 230 valence electrons. The van der Waals surface area contributed by atoms with E-state index in [-0.39, 0.29) is 28.4 Å². The van der Waals surface area contributed by atoms with Crippen LogP contribution in [0.3, 0.4) is 0 Å². The number of anilines is 2. The number of nitrogens with zero attached hydrogens (tertiary/aromatic N) is 3. The molecule has 0 bridgehead atoms. The lowest BCUT2D eigenvalue weighted by Crippen LogP contribution is -2.39. The molecule has 1 N–H and O–H groups in total. The first kappa shape index (κ1) is 29.6. The summed E-state index contributed by atoms with van der Waals surface area (Å²) in [6.45, 7) is 0. The van der Waals surface area contributed by atoms with Gasteiger partial charge in [0.15, 0.2) is 0 Å². The molecule has 6 aromatic carbocycles. The molecule has 0 aromatic heterocycles. The Labute approximate surface area is 274 Å². The highest BCUT2D eigenvalue weighted by Gasteiger charge is 2.43. The van der Waals surface area contributed by atoms with Crippen molar-refractivity contribution >= 4 is 22.8 Å². The van der Waals surface area contributed by atoms with Crippen LogP contribution >= 0.6 is 0 Å². The highest BCUT2D eigenvalue weighted by Crippen LogP contribution is 2.53. The van der Waals surface area contributed by atoms with Crippen molar-refractivity contribution in [2.75, 3.05) is 9.80 Å². The summed E-state index contributed by atoms with van der Waals surface area (Å²) in [5, 5.41) is 23.1. The van der Waals surface area contributed by atoms with Gasteiger partial charge in [0.1, 0.15) is 5.75 Å². The maximum Gasteiger partial charge on any atom is 0.269 e. The minimum atomic E-state index is -0.391. The number of benzene rings is 6. The summed E-state index contributed by atoms with van der Waals surface area (Å²) in [7, 11) is 0. The van der Waals surface area contributed by atoms with E-state index in [1.807, 2.05) is 78.9 Å². The lowest BCUT2D eigenvalue weighted by atomic mass is 9.88. The van der Waals surface area contributed by atoms with Gasteiger partial charge in [-0.05, 0) is 71.3 Å². The second-order valence-electron chi connectivity index (χ2n) is 11.5. The summed E-state index contributed by atoms with van der Waals surface area (Å²) in [6.07, 6.45) is 2.19. The summed E-state index contributed by atoms with van der Waals surface area (Å²) < 4.78 is 0. The van der Waals surface area contributed by atoms with E-state index in [0.717, 1.165) is 33.8 Å². The number of nitro groups is 1. The SMILES string of the molecule is O=[N+]([O-])c1ccc(C2C=C(c3ccccc3O)N(c3ccccc3)[C@@H](c3ccccc3)[C@H](c3ccccc3)N2c2ccccc2)cc1. The van der Waals surface area contributed by atoms with E-state index in [1.54, 1.807) is 18.2 Å². The maximum absolute atomic E-state index is 11.7. The molecule has 7 rings (SSSR count). The molecule has 0 radical (unpaired) electrons. The predicted octanol–water partition coefficient (Wildman–Crippen LogP) is 9.89. The predicted molar refractivity (Wildman–Crippen MR) is 188 cm³/mol. The lowest BCUT2D eigenvalue weighted by molar-refractivity contribution is -0.384. The standard InChI is InChI=1S/C41H33N3O3/c45-39-24-14-13-23-36(39)38-29-37(30-25-27-35(28-26-30)44(46)47)42(33-19-9-3-10-20-33)40(31-15-5-1-6-16-31)41(32-17-7-2-8-18-32)43(38)34-21-11-4-12-22-34/h1-29,37,40-41,45H/t37?,40-,41-/m0/s1. The number of nitro benzene ring substituents is 1. The zero-order chi connectivity index (χ0) is 32.2. The van der Waals surface area contributed by atoms with Crippen molar-refractivity contribution in [2.45, 2.75) is 18.1 Å². The molecule has 6 nitrogen and oxygen atoms in total. The van der Waals surface area contributed by atoms with Gasteiger partial charge >= 0.3 is 0 Å². The van der Waals surface area contributed by atoms with Crippen LogP contribution in [0, 0.1) is 10.1 Å². The van der Waals surface area contributed by atoms with E-state index in [4.69, 9.17) is 0 Å². The summed E-state index contributed by atoms with van der Waals surface area (Å²) in [4.78, 5) is 16.1. The average Bonchev–Trinajstić information content (AvgIpc) is 3.29. The third-order valence-corrected chi connectivity index (χ3v) is 8.75. The second kappa shape index (κ2) is 13.1. The van der Waals surface area contributed by atoms with Gasteiger partial charge in [0.25, 0.3) is 5.69 Å². The van der Waals surface area contributed by atoms with Crippen LogP contribution in [-0.4, -0.2) is 10.0 Å². The number of phenolic OH excluding ortho intramolecular Hbond substituents is 1. The highest BCUT2D eigenvalue weighted by molar-refractivity contribution is 5.85. The topological polar surface area (TPSA) is 69.8 Å². The zero-order valence-electron chi connectivity index (χ0n) is 25.6. The fraction of sp³-hybridized carbons (Fsp3) is 0.0732. The molecule has 1 unspecified atom stereocenters. The van der Waals surface area contributed by atoms with Crippen molar-refractivity contribution in [2.24, 2.45) is 0 Å². The molecular formula is C41H33N3O3. The van der Waals surface area contributed by atoms with Crippen LogP contribution in [-0.2, 0) is 0 Å². The van der Waals surface area contributed by atoms with Crippen LogP contribution in [0.2, 0.25) is 0 Å². The Balaban J connectivity index is 1.62. The summed E-state index contributed by atoms with van der Waals surface area (Å²) in [5.74, 6) is 0.165. The van der Waals surface area contributed by atoms with Gasteiger partial charge in [0, 0.05) is 29.1 Å². The Morgan fingerprint density at radius 2 is 1.02 bits per heavy atom. The largest absolute Gasteiger partial charge is 0.507 e. The Kier molecular flexibility index (Phi) is 8.22. The molecule has 0 amide bonds. The van der Waals surface area contributed by atoms with Gasteiger partial charge in [-0.15, -0.1) is 0 Å². The zero-order valence-corrected chi connectivity index (χ0v) is 25.6. The summed E-state index contributed by atoms with van der Waals surface area (Å²) in [5.41, 5.74) is 6.59. The molecule has 3 atom stereocenters. The van der Waals surface area contributed by atoms with Crippen molar-refractivity contribution < 1.29 is 10.0 Å². The van der Waals surface area contributed by atoms with Gasteiger partial charge in [0.05, 0.1) is 28.7 Å². The van der Waals surface area contributed by atoms with E-state index >= 15 is 0 Å².